The molecule has 1 saturated carbocycles. The van der Waals surface area contributed by atoms with E-state index in [-0.39, 0.29) is 5.41 Å². The van der Waals surface area contributed by atoms with Crippen LogP contribution in [0.5, 0.6) is 0 Å². The van der Waals surface area contributed by atoms with Crippen molar-refractivity contribution < 1.29 is 0 Å². The summed E-state index contributed by atoms with van der Waals surface area (Å²) in [7, 11) is 0. The lowest BCUT2D eigenvalue weighted by molar-refractivity contribution is 0.489. The molecule has 42 heavy (non-hydrogen) atoms. The Kier molecular flexibility index (Phi) is 6.46. The van der Waals surface area contributed by atoms with Gasteiger partial charge in [-0.05, 0) is 129 Å². The monoisotopic (exact) mass is 548 g/mol. The summed E-state index contributed by atoms with van der Waals surface area (Å²) >= 11 is 0. The summed E-state index contributed by atoms with van der Waals surface area (Å²) < 4.78 is 0. The highest BCUT2D eigenvalue weighted by Crippen LogP contribution is 2.61. The Balaban J connectivity index is 1.34. The van der Waals surface area contributed by atoms with Crippen molar-refractivity contribution in [1.29, 1.82) is 0 Å². The summed E-state index contributed by atoms with van der Waals surface area (Å²) in [5.41, 5.74) is 16.3. The van der Waals surface area contributed by atoms with Crippen molar-refractivity contribution in [2.45, 2.75) is 84.0 Å². The number of hydrogen-bond acceptors (Lipinski definition) is 0. The predicted octanol–water partition coefficient (Wildman–Crippen LogP) is 11.8. The molecule has 0 saturated heterocycles. The molecule has 3 aliphatic rings. The summed E-state index contributed by atoms with van der Waals surface area (Å²) in [6.45, 7) is 18.3. The van der Waals surface area contributed by atoms with Crippen molar-refractivity contribution >= 4 is 16.3 Å². The third-order valence-electron chi connectivity index (χ3n) is 11.4. The van der Waals surface area contributed by atoms with Crippen molar-refractivity contribution in [3.05, 3.63) is 136 Å². The Morgan fingerprint density at radius 1 is 0.857 bits per heavy atom. The molecular formula is C42H44. The lowest BCUT2D eigenvalue weighted by Gasteiger charge is -2.32. The van der Waals surface area contributed by atoms with Crippen LogP contribution in [0.4, 0.5) is 0 Å². The molecule has 0 amide bonds. The van der Waals surface area contributed by atoms with Crippen molar-refractivity contribution in [2.24, 2.45) is 5.92 Å². The van der Waals surface area contributed by atoms with Gasteiger partial charge in [0.15, 0.2) is 0 Å². The molecule has 7 rings (SSSR count). The SMILES string of the molecule is C=CC1=C(/C=C\C)c2cccc(C(C)C(C)c3ccc4c(c3)C(CC)(CC)c3cc(C)c5ccccc5c3-4)c2C2CC12. The molecule has 1 fully saturated rings. The minimum absolute atomic E-state index is 0.0683. The first-order chi connectivity index (χ1) is 20.4. The van der Waals surface area contributed by atoms with E-state index in [1.807, 2.05) is 0 Å². The maximum atomic E-state index is 4.19. The zero-order valence-corrected chi connectivity index (χ0v) is 26.2. The Bertz CT molecular complexity index is 1800. The van der Waals surface area contributed by atoms with Crippen molar-refractivity contribution in [3.63, 3.8) is 0 Å². The molecule has 0 bridgehead atoms. The summed E-state index contributed by atoms with van der Waals surface area (Å²) in [6.07, 6.45) is 10.1. The van der Waals surface area contributed by atoms with Gasteiger partial charge in [-0.25, -0.2) is 0 Å². The van der Waals surface area contributed by atoms with Crippen LogP contribution in [0, 0.1) is 12.8 Å². The number of fused-ring (bicyclic) bond motifs is 8. The van der Waals surface area contributed by atoms with Gasteiger partial charge in [-0.2, -0.15) is 0 Å². The van der Waals surface area contributed by atoms with Crippen LogP contribution in [0.3, 0.4) is 0 Å². The molecule has 3 aliphatic carbocycles. The number of benzene rings is 4. The number of aryl methyl sites for hydroxylation is 1. The number of hydrogen-bond donors (Lipinski definition) is 0. The van der Waals surface area contributed by atoms with Gasteiger partial charge in [0.1, 0.15) is 0 Å². The molecule has 0 heterocycles. The molecule has 4 atom stereocenters. The topological polar surface area (TPSA) is 0 Å². The van der Waals surface area contributed by atoms with Gasteiger partial charge in [-0.15, -0.1) is 0 Å². The summed E-state index contributed by atoms with van der Waals surface area (Å²) in [4.78, 5) is 0. The highest BCUT2D eigenvalue weighted by molar-refractivity contribution is 6.04. The third-order valence-corrected chi connectivity index (χ3v) is 11.4. The first-order valence-electron chi connectivity index (χ1n) is 16.2. The molecule has 0 spiro atoms. The molecule has 0 aliphatic heterocycles. The highest BCUT2D eigenvalue weighted by atomic mass is 14.5. The Labute approximate surface area is 252 Å². The molecule has 0 N–H and O–H groups in total. The lowest BCUT2D eigenvalue weighted by atomic mass is 9.72. The molecule has 0 radical (unpaired) electrons. The van der Waals surface area contributed by atoms with Gasteiger partial charge in [0.2, 0.25) is 0 Å². The fraction of sp³-hybridized carbons (Fsp3) is 0.333. The standard InChI is InChI=1S/C42H44/c1-8-15-32-29(9-2)36-24-37(36)40-31(18-14-19-34(32)40)27(7)26(6)28-20-21-35-38(23-28)42(10-3,11-4)39-22-25(5)30-16-12-13-17-33(30)41(35)39/h8-9,12-23,26-27,36-37H,2,10-11,24H2,1,3-7H3/b15-8-. The van der Waals surface area contributed by atoms with Gasteiger partial charge >= 0.3 is 0 Å². The van der Waals surface area contributed by atoms with Gasteiger partial charge in [-0.1, -0.05) is 119 Å². The van der Waals surface area contributed by atoms with Gasteiger partial charge in [-0.3, -0.25) is 0 Å². The molecule has 0 nitrogen and oxygen atoms in total. The molecule has 212 valence electrons. The average molecular weight is 549 g/mol. The second-order valence-corrected chi connectivity index (χ2v) is 13.2. The van der Waals surface area contributed by atoms with E-state index >= 15 is 0 Å². The van der Waals surface area contributed by atoms with Crippen LogP contribution in [0.2, 0.25) is 0 Å². The fourth-order valence-corrected chi connectivity index (χ4v) is 8.85. The molecule has 4 aromatic rings. The zero-order chi connectivity index (χ0) is 29.3. The summed E-state index contributed by atoms with van der Waals surface area (Å²) in [5.74, 6) is 2.13. The largest absolute Gasteiger partial charge is 0.0988 e. The first kappa shape index (κ1) is 27.2. The Morgan fingerprint density at radius 3 is 2.33 bits per heavy atom. The van der Waals surface area contributed by atoms with Crippen LogP contribution in [-0.4, -0.2) is 0 Å². The lowest BCUT2D eigenvalue weighted by Crippen LogP contribution is -2.23. The highest BCUT2D eigenvalue weighted by Gasteiger charge is 2.47. The van der Waals surface area contributed by atoms with E-state index in [2.05, 4.69) is 133 Å². The minimum Gasteiger partial charge on any atom is -0.0988 e. The van der Waals surface area contributed by atoms with E-state index < -0.39 is 0 Å². The van der Waals surface area contributed by atoms with Crippen LogP contribution in [0.25, 0.3) is 27.5 Å². The van der Waals surface area contributed by atoms with Crippen molar-refractivity contribution in [2.75, 3.05) is 0 Å². The van der Waals surface area contributed by atoms with E-state index in [1.54, 1.807) is 16.7 Å². The second kappa shape index (κ2) is 9.98. The van der Waals surface area contributed by atoms with Gasteiger partial charge < -0.3 is 0 Å². The minimum atomic E-state index is 0.0683. The molecule has 4 aromatic carbocycles. The number of rotatable bonds is 7. The van der Waals surface area contributed by atoms with Gasteiger partial charge in [0, 0.05) is 5.41 Å². The van der Waals surface area contributed by atoms with Crippen LogP contribution in [0.1, 0.15) is 111 Å². The molecule has 0 heteroatoms. The summed E-state index contributed by atoms with van der Waals surface area (Å²) in [5, 5.41) is 2.79. The first-order valence-corrected chi connectivity index (χ1v) is 16.2. The molecular weight excluding hydrogens is 504 g/mol. The number of allylic oxidation sites excluding steroid dienone is 5. The Hall–Kier alpha value is -3.64. The maximum Gasteiger partial charge on any atom is 0.0210 e. The van der Waals surface area contributed by atoms with Crippen LogP contribution >= 0.6 is 0 Å². The van der Waals surface area contributed by atoms with Gasteiger partial charge in [0.25, 0.3) is 0 Å². The fourth-order valence-electron chi connectivity index (χ4n) is 8.85. The van der Waals surface area contributed by atoms with E-state index in [0.29, 0.717) is 23.7 Å². The van der Waals surface area contributed by atoms with Crippen molar-refractivity contribution in [3.8, 4) is 11.1 Å². The predicted molar refractivity (Wildman–Crippen MR) is 182 cm³/mol. The zero-order valence-electron chi connectivity index (χ0n) is 26.2. The quantitative estimate of drug-likeness (QED) is 0.215. The van der Waals surface area contributed by atoms with Crippen LogP contribution in [-0.2, 0) is 5.41 Å². The molecule has 0 aromatic heterocycles. The van der Waals surface area contributed by atoms with E-state index in [0.717, 1.165) is 12.8 Å². The van der Waals surface area contributed by atoms with Gasteiger partial charge in [0.05, 0.1) is 0 Å². The average Bonchev–Trinajstić information content (AvgIpc) is 3.77. The van der Waals surface area contributed by atoms with E-state index in [9.17, 15) is 0 Å². The van der Waals surface area contributed by atoms with E-state index in [1.165, 1.54) is 61.7 Å². The smallest absolute Gasteiger partial charge is 0.0210 e. The second-order valence-electron chi connectivity index (χ2n) is 13.2. The third kappa shape index (κ3) is 3.67. The van der Waals surface area contributed by atoms with E-state index in [4.69, 9.17) is 0 Å². The Morgan fingerprint density at radius 2 is 1.62 bits per heavy atom. The molecule has 4 unspecified atom stereocenters. The summed E-state index contributed by atoms with van der Waals surface area (Å²) in [6, 6.07) is 26.1. The van der Waals surface area contributed by atoms with Crippen LogP contribution < -0.4 is 0 Å². The maximum absolute atomic E-state index is 4.19. The van der Waals surface area contributed by atoms with Crippen LogP contribution in [0.15, 0.2) is 97.1 Å². The van der Waals surface area contributed by atoms with Crippen molar-refractivity contribution in [1.82, 2.24) is 0 Å². The normalized spacial score (nSPS) is 21.1.